The number of halogens is 1. The Morgan fingerprint density at radius 2 is 2.00 bits per heavy atom. The van der Waals surface area contributed by atoms with Gasteiger partial charge in [0.1, 0.15) is 12.4 Å². The van der Waals surface area contributed by atoms with Gasteiger partial charge < -0.3 is 14.2 Å². The topological polar surface area (TPSA) is 79.1 Å². The zero-order valence-electron chi connectivity index (χ0n) is 19.4. The van der Waals surface area contributed by atoms with Gasteiger partial charge in [0.05, 0.1) is 36.1 Å². The molecule has 1 atom stereocenters. The monoisotopic (exact) mass is 494 g/mol. The largest absolute Gasteiger partial charge is 0.493 e. The molecule has 0 amide bonds. The Hall–Kier alpha value is -3.98. The second-order valence-electron chi connectivity index (χ2n) is 7.60. The molecule has 1 aliphatic rings. The molecule has 7 nitrogen and oxygen atoms in total. The lowest BCUT2D eigenvalue weighted by Crippen LogP contribution is -2.39. The third kappa shape index (κ3) is 4.54. The summed E-state index contributed by atoms with van der Waals surface area (Å²) in [4.78, 5) is 31.3. The normalized spacial score (nSPS) is 15.3. The van der Waals surface area contributed by atoms with Crippen LogP contribution in [0.4, 0.5) is 4.39 Å². The number of methoxy groups -OCH3 is 2. The van der Waals surface area contributed by atoms with Crippen LogP contribution in [0.25, 0.3) is 6.08 Å². The number of nitrogens with zero attached hydrogens (tertiary/aromatic N) is 2. The van der Waals surface area contributed by atoms with Crippen molar-refractivity contribution in [2.45, 2.75) is 13.0 Å². The second-order valence-corrected chi connectivity index (χ2v) is 8.61. The maximum atomic E-state index is 14.3. The summed E-state index contributed by atoms with van der Waals surface area (Å²) in [5.41, 5.74) is 1.12. The number of benzene rings is 2. The molecule has 0 saturated heterocycles. The van der Waals surface area contributed by atoms with E-state index in [1.54, 1.807) is 49.4 Å². The average Bonchev–Trinajstić information content (AvgIpc) is 3.17. The van der Waals surface area contributed by atoms with E-state index in [0.29, 0.717) is 27.6 Å². The highest BCUT2D eigenvalue weighted by Crippen LogP contribution is 2.36. The number of ether oxygens (including phenoxy) is 3. The van der Waals surface area contributed by atoms with E-state index >= 15 is 0 Å². The molecule has 180 valence electrons. The number of rotatable bonds is 7. The first-order chi connectivity index (χ1) is 16.9. The molecule has 1 aromatic heterocycles. The van der Waals surface area contributed by atoms with Crippen molar-refractivity contribution >= 4 is 23.4 Å². The van der Waals surface area contributed by atoms with Crippen LogP contribution >= 0.6 is 11.3 Å². The van der Waals surface area contributed by atoms with E-state index in [1.807, 2.05) is 0 Å². The van der Waals surface area contributed by atoms with Gasteiger partial charge in [-0.25, -0.2) is 14.2 Å². The zero-order valence-corrected chi connectivity index (χ0v) is 20.2. The third-order valence-corrected chi connectivity index (χ3v) is 6.46. The summed E-state index contributed by atoms with van der Waals surface area (Å²) in [6, 6.07) is 10.5. The van der Waals surface area contributed by atoms with Gasteiger partial charge in [0.15, 0.2) is 16.3 Å². The number of allylic oxidation sites excluding steroid dienone is 1. The molecule has 0 fully saturated rings. The lowest BCUT2D eigenvalue weighted by molar-refractivity contribution is -0.136. The molecule has 2 heterocycles. The molecule has 3 aromatic rings. The van der Waals surface area contributed by atoms with Gasteiger partial charge in [0.25, 0.3) is 5.56 Å². The van der Waals surface area contributed by atoms with Crippen molar-refractivity contribution in [3.8, 4) is 11.5 Å². The zero-order chi connectivity index (χ0) is 25.1. The minimum Gasteiger partial charge on any atom is -0.493 e. The van der Waals surface area contributed by atoms with Gasteiger partial charge in [0.2, 0.25) is 0 Å². The van der Waals surface area contributed by atoms with Crippen LogP contribution in [0.15, 0.2) is 76.2 Å². The highest BCUT2D eigenvalue weighted by molar-refractivity contribution is 7.07. The van der Waals surface area contributed by atoms with E-state index in [4.69, 9.17) is 14.2 Å². The lowest BCUT2D eigenvalue weighted by atomic mass is 9.95. The number of hydrogen-bond acceptors (Lipinski definition) is 7. The molecule has 0 bridgehead atoms. The fourth-order valence-corrected chi connectivity index (χ4v) is 4.90. The molecule has 2 aromatic carbocycles. The number of carbonyl (C=O) groups is 1. The number of aromatic nitrogens is 1. The Kier molecular flexibility index (Phi) is 6.97. The van der Waals surface area contributed by atoms with Crippen molar-refractivity contribution in [1.82, 2.24) is 4.57 Å². The predicted octanol–water partition coefficient (Wildman–Crippen LogP) is 3.12. The van der Waals surface area contributed by atoms with Crippen molar-refractivity contribution in [3.05, 3.63) is 103 Å². The van der Waals surface area contributed by atoms with Gasteiger partial charge in [-0.3, -0.25) is 9.36 Å². The Bertz CT molecular complexity index is 1520. The highest BCUT2D eigenvalue weighted by atomic mass is 32.1. The van der Waals surface area contributed by atoms with E-state index < -0.39 is 23.4 Å². The van der Waals surface area contributed by atoms with E-state index in [-0.39, 0.29) is 22.3 Å². The van der Waals surface area contributed by atoms with Crippen molar-refractivity contribution < 1.29 is 23.4 Å². The molecule has 9 heteroatoms. The molecule has 0 saturated carbocycles. The molecule has 0 radical (unpaired) electrons. The van der Waals surface area contributed by atoms with Gasteiger partial charge in [0, 0.05) is 5.56 Å². The molecule has 0 aliphatic carbocycles. The van der Waals surface area contributed by atoms with Gasteiger partial charge in [-0.15, -0.1) is 0 Å². The minimum absolute atomic E-state index is 0.221. The number of carbonyl (C=O) groups excluding carboxylic acids is 1. The Morgan fingerprint density at radius 3 is 2.69 bits per heavy atom. The fraction of sp³-hybridized carbons (Fsp3) is 0.192. The standard InChI is InChI=1S/C26H23FN2O5S/c1-5-12-34-19-11-10-17(13-20(19)32-3)23-22(25(31)33-4)15(2)28-26-29(23)24(30)21(35-26)14-16-8-6-7-9-18(16)27/h5-11,13-14,23H,1,12H2,2-4H3/b21-14-/t23-/m0/s1. The highest BCUT2D eigenvalue weighted by Gasteiger charge is 2.33. The Morgan fingerprint density at radius 1 is 1.23 bits per heavy atom. The molecule has 35 heavy (non-hydrogen) atoms. The van der Waals surface area contributed by atoms with Crippen LogP contribution in [-0.2, 0) is 9.53 Å². The van der Waals surface area contributed by atoms with E-state index in [2.05, 4.69) is 11.6 Å². The van der Waals surface area contributed by atoms with Crippen LogP contribution in [0.1, 0.15) is 24.1 Å². The number of esters is 1. The quantitative estimate of drug-likeness (QED) is 0.373. The maximum Gasteiger partial charge on any atom is 0.338 e. The van der Waals surface area contributed by atoms with E-state index in [0.717, 1.165) is 11.3 Å². The molecular formula is C26H23FN2O5S. The summed E-state index contributed by atoms with van der Waals surface area (Å²) in [5.74, 6) is -0.133. The van der Waals surface area contributed by atoms with Crippen molar-refractivity contribution in [2.75, 3.05) is 20.8 Å². The molecule has 4 rings (SSSR count). The second kappa shape index (κ2) is 10.1. The van der Waals surface area contributed by atoms with E-state index in [9.17, 15) is 14.0 Å². The van der Waals surface area contributed by atoms with Crippen LogP contribution in [-0.4, -0.2) is 31.4 Å². The van der Waals surface area contributed by atoms with Crippen LogP contribution in [0.2, 0.25) is 0 Å². The van der Waals surface area contributed by atoms with Gasteiger partial charge >= 0.3 is 5.97 Å². The summed E-state index contributed by atoms with van der Waals surface area (Å²) < 4.78 is 32.1. The maximum absolute atomic E-state index is 14.3. The third-order valence-electron chi connectivity index (χ3n) is 5.48. The number of fused-ring (bicyclic) bond motifs is 1. The van der Waals surface area contributed by atoms with Gasteiger partial charge in [-0.2, -0.15) is 0 Å². The SMILES string of the molecule is C=CCOc1ccc([C@H]2C(C(=O)OC)=C(C)N=c3s/c(=C\c4ccccc4F)c(=O)n32)cc1OC. The Balaban J connectivity index is 1.95. The average molecular weight is 495 g/mol. The van der Waals surface area contributed by atoms with Gasteiger partial charge in [-0.05, 0) is 36.8 Å². The smallest absolute Gasteiger partial charge is 0.338 e. The van der Waals surface area contributed by atoms with Crippen LogP contribution < -0.4 is 24.4 Å². The lowest BCUT2D eigenvalue weighted by Gasteiger charge is -2.25. The van der Waals surface area contributed by atoms with Crippen molar-refractivity contribution in [3.63, 3.8) is 0 Å². The molecule has 0 spiro atoms. The van der Waals surface area contributed by atoms with Crippen molar-refractivity contribution in [2.24, 2.45) is 4.99 Å². The summed E-state index contributed by atoms with van der Waals surface area (Å²) in [5, 5.41) is 0. The molecular weight excluding hydrogens is 471 g/mol. The molecule has 0 N–H and O–H groups in total. The Labute approximate surface area is 204 Å². The summed E-state index contributed by atoms with van der Waals surface area (Å²) in [6.07, 6.45) is 3.10. The minimum atomic E-state index is -0.830. The van der Waals surface area contributed by atoms with Crippen LogP contribution in [0, 0.1) is 5.82 Å². The summed E-state index contributed by atoms with van der Waals surface area (Å²) in [6.45, 7) is 5.62. The van der Waals surface area contributed by atoms with Crippen LogP contribution in [0.5, 0.6) is 11.5 Å². The molecule has 1 aliphatic heterocycles. The van der Waals surface area contributed by atoms with Gasteiger partial charge in [-0.1, -0.05) is 48.3 Å². The summed E-state index contributed by atoms with van der Waals surface area (Å²) in [7, 11) is 2.78. The fourth-order valence-electron chi connectivity index (χ4n) is 3.86. The number of hydrogen-bond donors (Lipinski definition) is 0. The predicted molar refractivity (Wildman–Crippen MR) is 131 cm³/mol. The number of thiazole rings is 1. The van der Waals surface area contributed by atoms with Crippen LogP contribution in [0.3, 0.4) is 0 Å². The first-order valence-corrected chi connectivity index (χ1v) is 11.5. The molecule has 0 unspecified atom stereocenters. The summed E-state index contributed by atoms with van der Waals surface area (Å²) >= 11 is 1.12. The first kappa shape index (κ1) is 24.2. The first-order valence-electron chi connectivity index (χ1n) is 10.7. The van der Waals surface area contributed by atoms with Crippen molar-refractivity contribution in [1.29, 1.82) is 0 Å². The van der Waals surface area contributed by atoms with E-state index in [1.165, 1.54) is 30.9 Å².